The molecule has 6 rings (SSSR count). The van der Waals surface area contributed by atoms with Gasteiger partial charge in [-0.3, -0.25) is 9.79 Å². The number of anilines is 1. The summed E-state index contributed by atoms with van der Waals surface area (Å²) in [6.07, 6.45) is 9.63. The van der Waals surface area contributed by atoms with Crippen LogP contribution >= 0.6 is 22.9 Å². The predicted molar refractivity (Wildman–Crippen MR) is 173 cm³/mol. The number of ether oxygens (including phenoxy) is 2. The van der Waals surface area contributed by atoms with Crippen LogP contribution in [-0.2, 0) is 4.74 Å². The van der Waals surface area contributed by atoms with Gasteiger partial charge in [0.15, 0.2) is 0 Å². The average Bonchev–Trinajstić information content (AvgIpc) is 3.59. The molecule has 1 fully saturated rings. The Balaban J connectivity index is 1.21. The smallest absolute Gasteiger partial charge is 0.410 e. The lowest BCUT2D eigenvalue weighted by molar-refractivity contribution is 0.0156. The molecule has 2 amide bonds. The van der Waals surface area contributed by atoms with Crippen molar-refractivity contribution in [2.45, 2.75) is 39.4 Å². The number of amides is 2. The highest BCUT2D eigenvalue weighted by Crippen LogP contribution is 2.42. The van der Waals surface area contributed by atoms with Crippen LogP contribution in [0.25, 0.3) is 0 Å². The first kappa shape index (κ1) is 29.8. The second-order valence-corrected chi connectivity index (χ2v) is 13.3. The third kappa shape index (κ3) is 5.94. The third-order valence-corrected chi connectivity index (χ3v) is 9.08. The number of piperazine rings is 1. The Hall–Kier alpha value is -4.22. The SMILES string of the molecule is CC(Oc1cc(N2CN=C3C=C4C=CC=C(N5CCN(C(=O)OC(C)(C)C)CC5)N4C=C32)sc1C(N)=O)c1ccccc1Cl. The number of aliphatic imine (C=N–C) groups is 1. The molecule has 1 unspecified atom stereocenters. The lowest BCUT2D eigenvalue weighted by atomic mass is 10.1. The quantitative estimate of drug-likeness (QED) is 0.424. The van der Waals surface area contributed by atoms with E-state index in [9.17, 15) is 9.59 Å². The van der Waals surface area contributed by atoms with E-state index in [1.807, 2.05) is 64.1 Å². The van der Waals surface area contributed by atoms with Gasteiger partial charge in [-0.15, -0.1) is 11.3 Å². The summed E-state index contributed by atoms with van der Waals surface area (Å²) in [6, 6.07) is 9.32. The molecule has 1 aromatic carbocycles. The van der Waals surface area contributed by atoms with Crippen LogP contribution in [0.4, 0.5) is 9.80 Å². The summed E-state index contributed by atoms with van der Waals surface area (Å²) in [5.41, 5.74) is 8.84. The van der Waals surface area contributed by atoms with Crippen molar-refractivity contribution in [1.82, 2.24) is 14.7 Å². The van der Waals surface area contributed by atoms with Gasteiger partial charge in [0.2, 0.25) is 0 Å². The van der Waals surface area contributed by atoms with Crippen molar-refractivity contribution in [3.05, 3.63) is 93.5 Å². The number of thiophene rings is 1. The minimum absolute atomic E-state index is 0.284. The zero-order valence-corrected chi connectivity index (χ0v) is 26.7. The molecule has 0 aliphatic carbocycles. The van der Waals surface area contributed by atoms with E-state index < -0.39 is 17.6 Å². The van der Waals surface area contributed by atoms with Gasteiger partial charge in [0, 0.05) is 54.7 Å². The minimum atomic E-state index is -0.556. The molecule has 4 aliphatic heterocycles. The number of carbonyl (C=O) groups excluding carboxylic acids is 2. The number of allylic oxidation sites excluding steroid dienone is 4. The van der Waals surface area contributed by atoms with Gasteiger partial charge in [-0.25, -0.2) is 4.79 Å². The Morgan fingerprint density at radius 2 is 1.89 bits per heavy atom. The molecular formula is C32H35ClN6O4S. The molecule has 230 valence electrons. The highest BCUT2D eigenvalue weighted by atomic mass is 35.5. The topological polar surface area (TPSA) is 104 Å². The number of benzene rings is 1. The van der Waals surface area contributed by atoms with Gasteiger partial charge >= 0.3 is 6.09 Å². The number of hydrogen-bond donors (Lipinski definition) is 1. The molecular weight excluding hydrogens is 600 g/mol. The molecule has 1 aromatic heterocycles. The molecule has 10 nitrogen and oxygen atoms in total. The van der Waals surface area contributed by atoms with Crippen LogP contribution in [0, 0.1) is 0 Å². The Bertz CT molecular complexity index is 1640. The lowest BCUT2D eigenvalue weighted by Gasteiger charge is -2.42. The monoisotopic (exact) mass is 634 g/mol. The van der Waals surface area contributed by atoms with Crippen molar-refractivity contribution in [2.75, 3.05) is 37.7 Å². The van der Waals surface area contributed by atoms with Gasteiger partial charge in [-0.05, 0) is 52.0 Å². The van der Waals surface area contributed by atoms with Crippen molar-refractivity contribution >= 4 is 45.7 Å². The first-order valence-electron chi connectivity index (χ1n) is 14.5. The van der Waals surface area contributed by atoms with Crippen molar-refractivity contribution in [3.63, 3.8) is 0 Å². The standard InChI is InChI=1S/C32H35ClN6O4S/c1-20(22-9-5-6-10-23(22)33)42-26-17-28(44-29(26)30(34)40)39-19-35-24-16-21-8-7-11-27(38(21)18-25(24)39)36-12-14-37(15-13-36)31(41)43-32(2,3)4/h5-11,16-18,20H,12-15,19H2,1-4H3,(H2,34,40). The molecule has 1 saturated heterocycles. The number of nitrogens with two attached hydrogens (primary N) is 1. The highest BCUT2D eigenvalue weighted by molar-refractivity contribution is 7.18. The molecule has 4 aliphatic rings. The number of carbonyl (C=O) groups is 2. The fraction of sp³-hybridized carbons (Fsp3) is 0.344. The summed E-state index contributed by atoms with van der Waals surface area (Å²) < 4.78 is 11.8. The summed E-state index contributed by atoms with van der Waals surface area (Å²) in [5.74, 6) is 0.873. The third-order valence-electron chi connectivity index (χ3n) is 7.59. The summed E-state index contributed by atoms with van der Waals surface area (Å²) in [7, 11) is 0. The normalized spacial score (nSPS) is 18.6. The van der Waals surface area contributed by atoms with E-state index in [2.05, 4.69) is 39.1 Å². The van der Waals surface area contributed by atoms with E-state index in [1.165, 1.54) is 11.3 Å². The van der Waals surface area contributed by atoms with E-state index in [0.29, 0.717) is 48.5 Å². The van der Waals surface area contributed by atoms with Crippen LogP contribution in [0.2, 0.25) is 5.02 Å². The zero-order chi connectivity index (χ0) is 31.2. The number of hydrogen-bond acceptors (Lipinski definition) is 9. The van der Waals surface area contributed by atoms with Gasteiger partial charge in [-0.2, -0.15) is 0 Å². The first-order chi connectivity index (χ1) is 21.0. The summed E-state index contributed by atoms with van der Waals surface area (Å²) in [5, 5.41) is 1.39. The maximum absolute atomic E-state index is 12.6. The van der Waals surface area contributed by atoms with Crippen molar-refractivity contribution in [3.8, 4) is 5.75 Å². The van der Waals surface area contributed by atoms with Crippen molar-refractivity contribution < 1.29 is 19.1 Å². The van der Waals surface area contributed by atoms with E-state index in [-0.39, 0.29) is 6.09 Å². The van der Waals surface area contributed by atoms with E-state index in [4.69, 9.17) is 31.8 Å². The molecule has 44 heavy (non-hydrogen) atoms. The van der Waals surface area contributed by atoms with Gasteiger partial charge in [-0.1, -0.05) is 35.9 Å². The lowest BCUT2D eigenvalue weighted by Crippen LogP contribution is -2.51. The highest BCUT2D eigenvalue weighted by Gasteiger charge is 2.34. The molecule has 2 aromatic rings. The average molecular weight is 635 g/mol. The van der Waals surface area contributed by atoms with E-state index in [1.54, 1.807) is 4.90 Å². The molecule has 5 heterocycles. The van der Waals surface area contributed by atoms with E-state index >= 15 is 0 Å². The number of rotatable bonds is 6. The fourth-order valence-electron chi connectivity index (χ4n) is 5.45. The minimum Gasteiger partial charge on any atom is -0.484 e. The number of primary amides is 1. The van der Waals surface area contributed by atoms with E-state index in [0.717, 1.165) is 33.5 Å². The second kappa shape index (κ2) is 11.7. The number of halogens is 1. The van der Waals surface area contributed by atoms with Gasteiger partial charge in [0.1, 0.15) is 39.8 Å². The Morgan fingerprint density at radius 1 is 1.14 bits per heavy atom. The van der Waals surface area contributed by atoms with Crippen LogP contribution < -0.4 is 15.4 Å². The Kier molecular flexibility index (Phi) is 7.93. The number of nitrogens with zero attached hydrogens (tertiary/aromatic N) is 5. The van der Waals surface area contributed by atoms with Crippen LogP contribution in [0.3, 0.4) is 0 Å². The summed E-state index contributed by atoms with van der Waals surface area (Å²) in [4.78, 5) is 38.4. The first-order valence-corrected chi connectivity index (χ1v) is 15.7. The molecule has 1 atom stereocenters. The van der Waals surface area contributed by atoms with Crippen molar-refractivity contribution in [1.29, 1.82) is 0 Å². The Morgan fingerprint density at radius 3 is 2.59 bits per heavy atom. The zero-order valence-electron chi connectivity index (χ0n) is 25.1. The largest absolute Gasteiger partial charge is 0.484 e. The maximum atomic E-state index is 12.6. The summed E-state index contributed by atoms with van der Waals surface area (Å²) >= 11 is 7.67. The molecule has 0 bridgehead atoms. The van der Waals surface area contributed by atoms with Crippen LogP contribution in [0.1, 0.15) is 49.0 Å². The van der Waals surface area contributed by atoms with Crippen LogP contribution in [0.5, 0.6) is 5.75 Å². The summed E-state index contributed by atoms with van der Waals surface area (Å²) in [6.45, 7) is 10.4. The molecule has 0 saturated carbocycles. The second-order valence-electron chi connectivity index (χ2n) is 11.8. The molecule has 0 spiro atoms. The maximum Gasteiger partial charge on any atom is 0.410 e. The predicted octanol–water partition coefficient (Wildman–Crippen LogP) is 5.86. The number of fused-ring (bicyclic) bond motifs is 2. The Labute approximate surface area is 266 Å². The van der Waals surface area contributed by atoms with Gasteiger partial charge in [0.25, 0.3) is 5.91 Å². The van der Waals surface area contributed by atoms with Gasteiger partial charge < -0.3 is 34.8 Å². The molecule has 12 heteroatoms. The van der Waals surface area contributed by atoms with Crippen LogP contribution in [-0.4, -0.2) is 70.9 Å². The fourth-order valence-corrected chi connectivity index (χ4v) is 6.69. The van der Waals surface area contributed by atoms with Gasteiger partial charge in [0.05, 0.1) is 11.4 Å². The van der Waals surface area contributed by atoms with Crippen molar-refractivity contribution in [2.24, 2.45) is 10.7 Å². The molecule has 0 radical (unpaired) electrons. The molecule has 2 N–H and O–H groups in total. The van der Waals surface area contributed by atoms with Crippen LogP contribution in [0.15, 0.2) is 83.0 Å².